The summed E-state index contributed by atoms with van der Waals surface area (Å²) in [6.45, 7) is 5.50. The van der Waals surface area contributed by atoms with Crippen molar-refractivity contribution in [2.24, 2.45) is 0 Å². The van der Waals surface area contributed by atoms with E-state index in [9.17, 15) is 17.3 Å². The van der Waals surface area contributed by atoms with Crippen LogP contribution in [0.15, 0.2) is 0 Å². The minimum atomic E-state index is -6.00. The van der Waals surface area contributed by atoms with Crippen LogP contribution in [0.1, 0.15) is 13.3 Å². The van der Waals surface area contributed by atoms with E-state index in [1.807, 2.05) is 6.92 Å². The van der Waals surface area contributed by atoms with E-state index in [1.54, 1.807) is 0 Å². The van der Waals surface area contributed by atoms with Crippen LogP contribution in [0.4, 0.5) is 17.3 Å². The average Bonchev–Trinajstić information content (AvgIpc) is 1.27. The molecule has 0 spiro atoms. The molecule has 0 aromatic rings. The molecule has 0 atom stereocenters. The van der Waals surface area contributed by atoms with Crippen molar-refractivity contribution in [2.45, 2.75) is 13.3 Å². The van der Waals surface area contributed by atoms with E-state index < -0.39 is 7.25 Å². The summed E-state index contributed by atoms with van der Waals surface area (Å²) in [7, 11) is -6.00. The second kappa shape index (κ2) is 8.78. The van der Waals surface area contributed by atoms with Crippen molar-refractivity contribution in [1.82, 2.24) is 0 Å². The molecule has 0 aromatic carbocycles. The van der Waals surface area contributed by atoms with Gasteiger partial charge in [0.15, 0.2) is 0 Å². The molecule has 0 aliphatic carbocycles. The van der Waals surface area contributed by atoms with Gasteiger partial charge >= 0.3 is 36.8 Å². The fourth-order valence-corrected chi connectivity index (χ4v) is 0. The van der Waals surface area contributed by atoms with Gasteiger partial charge in [0.1, 0.15) is 0 Å². The molecule has 0 saturated heterocycles. The van der Waals surface area contributed by atoms with Crippen molar-refractivity contribution in [3.05, 3.63) is 6.92 Å². The van der Waals surface area contributed by atoms with E-state index in [1.165, 1.54) is 0 Å². The molecule has 0 saturated carbocycles. The van der Waals surface area contributed by atoms with Gasteiger partial charge in [0, 0.05) is 0 Å². The van der Waals surface area contributed by atoms with Gasteiger partial charge in [-0.1, -0.05) is 6.92 Å². The second-order valence-electron chi connectivity index (χ2n) is 0.995. The van der Waals surface area contributed by atoms with Crippen LogP contribution in [-0.2, 0) is 0 Å². The quantitative estimate of drug-likeness (QED) is 0.251. The minimum absolute atomic E-state index is 0. The first-order chi connectivity index (χ1) is 3.41. The Hall–Kier alpha value is 0.785. The molecule has 0 amide bonds. The van der Waals surface area contributed by atoms with E-state index >= 15 is 0 Å². The molecule has 0 radical (unpaired) electrons. The van der Waals surface area contributed by atoms with Gasteiger partial charge in [0.25, 0.3) is 0 Å². The van der Waals surface area contributed by atoms with Gasteiger partial charge in [-0.15, -0.1) is 0 Å². The molecule has 6 heteroatoms. The van der Waals surface area contributed by atoms with Crippen molar-refractivity contribution in [2.75, 3.05) is 0 Å². The minimum Gasteiger partial charge on any atom is -0.418 e. The van der Waals surface area contributed by atoms with Crippen molar-refractivity contribution < 1.29 is 46.8 Å². The Labute approximate surface area is 74.4 Å². The topological polar surface area (TPSA) is 0 Å². The molecular weight excluding hydrogens is 146 g/mol. The Morgan fingerprint density at radius 1 is 1.22 bits per heavy atom. The van der Waals surface area contributed by atoms with Gasteiger partial charge in [0.05, 0.1) is 0 Å². The summed E-state index contributed by atoms with van der Waals surface area (Å²) in [6.07, 6.45) is 1.00. The molecule has 0 aliphatic rings. The maximum atomic E-state index is 9.75. The smallest absolute Gasteiger partial charge is 0.418 e. The van der Waals surface area contributed by atoms with E-state index in [4.69, 9.17) is 0 Å². The molecule has 0 nitrogen and oxygen atoms in total. The summed E-state index contributed by atoms with van der Waals surface area (Å²) in [4.78, 5) is 0. The first-order valence-electron chi connectivity index (χ1n) is 2.08. The second-order valence-corrected chi connectivity index (χ2v) is 0.995. The summed E-state index contributed by atoms with van der Waals surface area (Å²) in [6, 6.07) is 0. The Kier molecular flexibility index (Phi) is 16.0. The molecule has 0 rings (SSSR count). The summed E-state index contributed by atoms with van der Waals surface area (Å²) >= 11 is 0. The molecule has 9 heavy (non-hydrogen) atoms. The molecule has 0 heterocycles. The molecular formula is C3H7BF4Na-. The average molecular weight is 153 g/mol. The van der Waals surface area contributed by atoms with Crippen molar-refractivity contribution in [1.29, 1.82) is 0 Å². The Balaban J connectivity index is -0.0000000800. The zero-order chi connectivity index (χ0) is 7.21. The van der Waals surface area contributed by atoms with E-state index in [0.717, 1.165) is 6.42 Å². The molecule has 0 fully saturated rings. The van der Waals surface area contributed by atoms with Crippen LogP contribution >= 0.6 is 0 Å². The van der Waals surface area contributed by atoms with Gasteiger partial charge in [-0.2, -0.15) is 6.42 Å². The first-order valence-corrected chi connectivity index (χ1v) is 2.08. The molecule has 0 aromatic heterocycles. The van der Waals surface area contributed by atoms with E-state index in [-0.39, 0.29) is 29.6 Å². The number of rotatable bonds is 0. The molecule has 0 bridgehead atoms. The summed E-state index contributed by atoms with van der Waals surface area (Å²) in [5.74, 6) is 0. The summed E-state index contributed by atoms with van der Waals surface area (Å²) < 4.78 is 39.0. The van der Waals surface area contributed by atoms with Crippen molar-refractivity contribution >= 4 is 7.25 Å². The van der Waals surface area contributed by atoms with Crippen LogP contribution < -0.4 is 29.6 Å². The predicted molar refractivity (Wildman–Crippen MR) is 25.8 cm³/mol. The van der Waals surface area contributed by atoms with Gasteiger partial charge in [0.2, 0.25) is 0 Å². The Morgan fingerprint density at radius 2 is 1.22 bits per heavy atom. The number of hydrogen-bond donors (Lipinski definition) is 0. The standard InChI is InChI=1S/C3H7.BF4.Na/c1-3-2;2-1(3,4)5;/h1,3H2,2H3;;/q2*-1;+1. The third-order valence-electron chi connectivity index (χ3n) is 0. The SMILES string of the molecule is F[B-](F)(F)F.[CH2-]CC.[Na+]. The largest absolute Gasteiger partial charge is 1.00 e. The fourth-order valence-electron chi connectivity index (χ4n) is 0. The van der Waals surface area contributed by atoms with E-state index in [0.29, 0.717) is 0 Å². The fraction of sp³-hybridized carbons (Fsp3) is 0.667. The van der Waals surface area contributed by atoms with Crippen LogP contribution in [0.25, 0.3) is 0 Å². The zero-order valence-electron chi connectivity index (χ0n) is 5.50. The third kappa shape index (κ3) is 656. The monoisotopic (exact) mass is 153 g/mol. The maximum Gasteiger partial charge on any atom is 1.00 e. The molecule has 52 valence electrons. The van der Waals surface area contributed by atoms with Crippen LogP contribution in [0, 0.1) is 6.92 Å². The van der Waals surface area contributed by atoms with Crippen molar-refractivity contribution in [3.8, 4) is 0 Å². The molecule has 0 aliphatic heterocycles. The predicted octanol–water partition coefficient (Wildman–Crippen LogP) is -0.466. The van der Waals surface area contributed by atoms with Gasteiger partial charge < -0.3 is 24.2 Å². The Bertz CT molecular complexity index is 39.6. The van der Waals surface area contributed by atoms with Crippen LogP contribution in [0.3, 0.4) is 0 Å². The number of halogens is 4. The Morgan fingerprint density at radius 3 is 1.22 bits per heavy atom. The van der Waals surface area contributed by atoms with Gasteiger partial charge in [-0.25, -0.2) is 0 Å². The molecule has 0 N–H and O–H groups in total. The third-order valence-corrected chi connectivity index (χ3v) is 0. The summed E-state index contributed by atoms with van der Waals surface area (Å²) in [5, 5.41) is 0. The normalized spacial score (nSPS) is 8.67. The summed E-state index contributed by atoms with van der Waals surface area (Å²) in [5.41, 5.74) is 0. The van der Waals surface area contributed by atoms with Gasteiger partial charge in [-0.3, -0.25) is 0 Å². The zero-order valence-corrected chi connectivity index (χ0v) is 7.50. The van der Waals surface area contributed by atoms with E-state index in [2.05, 4.69) is 6.92 Å². The van der Waals surface area contributed by atoms with Crippen LogP contribution in [0.2, 0.25) is 0 Å². The van der Waals surface area contributed by atoms with Crippen molar-refractivity contribution in [3.63, 3.8) is 0 Å². The first kappa shape index (κ1) is 16.4. The maximum absolute atomic E-state index is 9.75. The molecule has 0 unspecified atom stereocenters. The van der Waals surface area contributed by atoms with Crippen LogP contribution in [-0.4, -0.2) is 7.25 Å². The van der Waals surface area contributed by atoms with Gasteiger partial charge in [-0.05, 0) is 0 Å². The van der Waals surface area contributed by atoms with Crippen LogP contribution in [0.5, 0.6) is 0 Å². The number of hydrogen-bond acceptors (Lipinski definition) is 0.